The summed E-state index contributed by atoms with van der Waals surface area (Å²) in [7, 11) is 0. The minimum atomic E-state index is 0.0116. The summed E-state index contributed by atoms with van der Waals surface area (Å²) in [5.41, 5.74) is 8.31. The number of carbonyl (C=O) groups is 1. The molecule has 4 heteroatoms. The van der Waals surface area contributed by atoms with Crippen molar-refractivity contribution in [2.24, 2.45) is 0 Å². The maximum absolute atomic E-state index is 12.5. The van der Waals surface area contributed by atoms with Crippen molar-refractivity contribution in [3.63, 3.8) is 0 Å². The summed E-state index contributed by atoms with van der Waals surface area (Å²) in [5.74, 6) is 0.0116. The van der Waals surface area contributed by atoms with Gasteiger partial charge in [0.05, 0.1) is 0 Å². The fourth-order valence-electron chi connectivity index (χ4n) is 2.08. The van der Waals surface area contributed by atoms with Gasteiger partial charge in [0, 0.05) is 36.7 Å². The number of carbonyl (C=O) groups excluding carboxylic acids is 1. The third kappa shape index (κ3) is 3.35. The van der Waals surface area contributed by atoms with Gasteiger partial charge in [-0.2, -0.15) is 0 Å². The molecule has 1 heterocycles. The van der Waals surface area contributed by atoms with Crippen molar-refractivity contribution in [2.45, 2.75) is 19.9 Å². The molecule has 2 N–H and O–H groups in total. The standard InChI is InChI=1S/C16H19N3O/c1-2-11-19(12-14-5-3-4-6-15(14)17)16(20)13-7-9-18-10-8-13/h3-10H,2,11-12,17H2,1H3. The predicted octanol–water partition coefficient (Wildman–Crippen LogP) is 2.72. The molecule has 0 saturated carbocycles. The predicted molar refractivity (Wildman–Crippen MR) is 80.1 cm³/mol. The minimum Gasteiger partial charge on any atom is -0.398 e. The lowest BCUT2D eigenvalue weighted by molar-refractivity contribution is 0.0743. The zero-order chi connectivity index (χ0) is 14.4. The molecule has 2 rings (SSSR count). The number of para-hydroxylation sites is 1. The van der Waals surface area contributed by atoms with Gasteiger partial charge in [0.2, 0.25) is 0 Å². The van der Waals surface area contributed by atoms with Gasteiger partial charge in [0.1, 0.15) is 0 Å². The monoisotopic (exact) mass is 269 g/mol. The van der Waals surface area contributed by atoms with E-state index in [0.29, 0.717) is 18.7 Å². The highest BCUT2D eigenvalue weighted by molar-refractivity contribution is 5.94. The summed E-state index contributed by atoms with van der Waals surface area (Å²) in [5, 5.41) is 0. The molecule has 0 fully saturated rings. The highest BCUT2D eigenvalue weighted by Crippen LogP contribution is 2.15. The number of benzene rings is 1. The third-order valence-electron chi connectivity index (χ3n) is 3.12. The van der Waals surface area contributed by atoms with Crippen molar-refractivity contribution < 1.29 is 4.79 Å². The van der Waals surface area contributed by atoms with Crippen molar-refractivity contribution in [1.82, 2.24) is 9.88 Å². The zero-order valence-electron chi connectivity index (χ0n) is 11.6. The molecule has 4 nitrogen and oxygen atoms in total. The number of amides is 1. The fourth-order valence-corrected chi connectivity index (χ4v) is 2.08. The Kier molecular flexibility index (Phi) is 4.71. The average molecular weight is 269 g/mol. The number of hydrogen-bond acceptors (Lipinski definition) is 3. The average Bonchev–Trinajstić information content (AvgIpc) is 2.49. The van der Waals surface area contributed by atoms with Crippen LogP contribution in [-0.2, 0) is 6.54 Å². The summed E-state index contributed by atoms with van der Waals surface area (Å²) in [6, 6.07) is 11.1. The lowest BCUT2D eigenvalue weighted by atomic mass is 10.1. The molecular formula is C16H19N3O. The second-order valence-electron chi connectivity index (χ2n) is 4.66. The normalized spacial score (nSPS) is 10.2. The van der Waals surface area contributed by atoms with Crippen LogP contribution in [0.25, 0.3) is 0 Å². The lowest BCUT2D eigenvalue weighted by Crippen LogP contribution is -2.31. The van der Waals surface area contributed by atoms with Gasteiger partial charge < -0.3 is 10.6 Å². The van der Waals surface area contributed by atoms with Gasteiger partial charge in [-0.3, -0.25) is 9.78 Å². The van der Waals surface area contributed by atoms with Crippen LogP contribution in [0.3, 0.4) is 0 Å². The largest absolute Gasteiger partial charge is 0.398 e. The van der Waals surface area contributed by atoms with Crippen LogP contribution < -0.4 is 5.73 Å². The Morgan fingerprint density at radius 2 is 1.90 bits per heavy atom. The molecular weight excluding hydrogens is 250 g/mol. The van der Waals surface area contributed by atoms with Gasteiger partial charge in [-0.05, 0) is 30.2 Å². The zero-order valence-corrected chi connectivity index (χ0v) is 11.6. The molecule has 0 aliphatic heterocycles. The maximum atomic E-state index is 12.5. The molecule has 104 valence electrons. The number of rotatable bonds is 5. The van der Waals surface area contributed by atoms with Crippen LogP contribution in [0.5, 0.6) is 0 Å². The Hall–Kier alpha value is -2.36. The molecule has 0 spiro atoms. The number of aromatic nitrogens is 1. The van der Waals surface area contributed by atoms with Crippen LogP contribution in [-0.4, -0.2) is 22.3 Å². The first kappa shape index (κ1) is 14.1. The Bertz CT molecular complexity index is 569. The topological polar surface area (TPSA) is 59.2 Å². The number of hydrogen-bond donors (Lipinski definition) is 1. The van der Waals surface area contributed by atoms with Gasteiger partial charge in [-0.1, -0.05) is 25.1 Å². The van der Waals surface area contributed by atoms with E-state index in [0.717, 1.165) is 17.7 Å². The van der Waals surface area contributed by atoms with Crippen LogP contribution >= 0.6 is 0 Å². The smallest absolute Gasteiger partial charge is 0.254 e. The molecule has 0 radical (unpaired) electrons. The summed E-state index contributed by atoms with van der Waals surface area (Å²) < 4.78 is 0. The molecule has 1 aromatic carbocycles. The molecule has 0 atom stereocenters. The molecule has 1 aromatic heterocycles. The fraction of sp³-hybridized carbons (Fsp3) is 0.250. The second-order valence-corrected chi connectivity index (χ2v) is 4.66. The van der Waals surface area contributed by atoms with Gasteiger partial charge in [-0.15, -0.1) is 0 Å². The Balaban J connectivity index is 2.19. The van der Waals surface area contributed by atoms with E-state index < -0.39 is 0 Å². The SMILES string of the molecule is CCCN(Cc1ccccc1N)C(=O)c1ccncc1. The molecule has 0 saturated heterocycles. The maximum Gasteiger partial charge on any atom is 0.254 e. The first-order valence-electron chi connectivity index (χ1n) is 6.75. The summed E-state index contributed by atoms with van der Waals surface area (Å²) >= 11 is 0. The van der Waals surface area contributed by atoms with E-state index in [-0.39, 0.29) is 5.91 Å². The number of anilines is 1. The van der Waals surface area contributed by atoms with Crippen molar-refractivity contribution in [3.05, 3.63) is 59.9 Å². The molecule has 1 amide bonds. The highest BCUT2D eigenvalue weighted by atomic mass is 16.2. The molecule has 0 aliphatic rings. The van der Waals surface area contributed by atoms with Crippen LogP contribution in [0, 0.1) is 0 Å². The molecule has 2 aromatic rings. The molecule has 0 aliphatic carbocycles. The van der Waals surface area contributed by atoms with E-state index in [1.54, 1.807) is 24.5 Å². The van der Waals surface area contributed by atoms with Gasteiger partial charge in [-0.25, -0.2) is 0 Å². The summed E-state index contributed by atoms with van der Waals surface area (Å²) in [4.78, 5) is 18.3. The van der Waals surface area contributed by atoms with Gasteiger partial charge in [0.25, 0.3) is 5.91 Å². The lowest BCUT2D eigenvalue weighted by Gasteiger charge is -2.23. The van der Waals surface area contributed by atoms with Crippen LogP contribution in [0.15, 0.2) is 48.8 Å². The Labute approximate surface area is 119 Å². The summed E-state index contributed by atoms with van der Waals surface area (Å²) in [6.07, 6.45) is 4.17. The number of nitrogen functional groups attached to an aromatic ring is 1. The Morgan fingerprint density at radius 3 is 2.55 bits per heavy atom. The van der Waals surface area contributed by atoms with E-state index in [4.69, 9.17) is 5.73 Å². The van der Waals surface area contributed by atoms with Gasteiger partial charge >= 0.3 is 0 Å². The van der Waals surface area contributed by atoms with Crippen LogP contribution in [0.1, 0.15) is 29.3 Å². The molecule has 20 heavy (non-hydrogen) atoms. The Morgan fingerprint density at radius 1 is 1.20 bits per heavy atom. The van der Waals surface area contributed by atoms with E-state index in [2.05, 4.69) is 11.9 Å². The summed E-state index contributed by atoms with van der Waals surface area (Å²) in [6.45, 7) is 3.29. The number of pyridine rings is 1. The third-order valence-corrected chi connectivity index (χ3v) is 3.12. The quantitative estimate of drug-likeness (QED) is 0.849. The van der Waals surface area contributed by atoms with Crippen molar-refractivity contribution >= 4 is 11.6 Å². The van der Waals surface area contributed by atoms with E-state index in [1.807, 2.05) is 29.2 Å². The first-order chi connectivity index (χ1) is 9.72. The van der Waals surface area contributed by atoms with Crippen molar-refractivity contribution in [1.29, 1.82) is 0 Å². The van der Waals surface area contributed by atoms with Crippen LogP contribution in [0.2, 0.25) is 0 Å². The van der Waals surface area contributed by atoms with E-state index in [9.17, 15) is 4.79 Å². The molecule has 0 unspecified atom stereocenters. The minimum absolute atomic E-state index is 0.0116. The van der Waals surface area contributed by atoms with Crippen molar-refractivity contribution in [3.8, 4) is 0 Å². The van der Waals surface area contributed by atoms with Gasteiger partial charge in [0.15, 0.2) is 0 Å². The highest BCUT2D eigenvalue weighted by Gasteiger charge is 2.16. The first-order valence-corrected chi connectivity index (χ1v) is 6.75. The molecule has 0 bridgehead atoms. The van der Waals surface area contributed by atoms with Crippen LogP contribution in [0.4, 0.5) is 5.69 Å². The number of nitrogens with zero attached hydrogens (tertiary/aromatic N) is 2. The van der Waals surface area contributed by atoms with E-state index >= 15 is 0 Å². The number of nitrogens with two attached hydrogens (primary N) is 1. The second kappa shape index (κ2) is 6.70. The van der Waals surface area contributed by atoms with Crippen molar-refractivity contribution in [2.75, 3.05) is 12.3 Å². The van der Waals surface area contributed by atoms with E-state index in [1.165, 1.54) is 0 Å².